The molecule has 0 aliphatic heterocycles. The Morgan fingerprint density at radius 3 is 2.47 bits per heavy atom. The van der Waals surface area contributed by atoms with Gasteiger partial charge in [-0.25, -0.2) is 4.39 Å². The molecule has 90 valence electrons. The molecule has 0 saturated carbocycles. The molecule has 2 rings (SSSR count). The minimum atomic E-state index is -0.219. The summed E-state index contributed by atoms with van der Waals surface area (Å²) in [6.07, 6.45) is 0. The Kier molecular flexibility index (Phi) is 3.85. The molecule has 1 unspecified atom stereocenters. The predicted molar refractivity (Wildman–Crippen MR) is 78.9 cm³/mol. The highest BCUT2D eigenvalue weighted by molar-refractivity contribution is 14.1. The van der Waals surface area contributed by atoms with Gasteiger partial charge >= 0.3 is 0 Å². The van der Waals surface area contributed by atoms with Crippen LogP contribution < -0.4 is 5.73 Å². The first-order chi connectivity index (χ1) is 7.99. The molecule has 1 aromatic heterocycles. The highest BCUT2D eigenvalue weighted by Crippen LogP contribution is 2.31. The minimum absolute atomic E-state index is 0.174. The highest BCUT2D eigenvalue weighted by atomic mass is 127. The monoisotopic (exact) mass is 361 g/mol. The number of aryl methyl sites for hydroxylation is 2. The molecule has 0 fully saturated rings. The van der Waals surface area contributed by atoms with Gasteiger partial charge in [-0.2, -0.15) is 0 Å². The van der Waals surface area contributed by atoms with Gasteiger partial charge in [-0.3, -0.25) is 0 Å². The second-order valence-electron chi connectivity index (χ2n) is 4.01. The quantitative estimate of drug-likeness (QED) is 0.799. The van der Waals surface area contributed by atoms with E-state index in [1.807, 2.05) is 0 Å². The first-order valence-corrected chi connectivity index (χ1v) is 7.16. The molecule has 17 heavy (non-hydrogen) atoms. The van der Waals surface area contributed by atoms with Crippen LogP contribution in [0.25, 0.3) is 0 Å². The molecular formula is C13H13FINS. The smallest absolute Gasteiger partial charge is 0.124 e. The second-order valence-corrected chi connectivity index (χ2v) is 6.63. The first kappa shape index (κ1) is 13.0. The lowest BCUT2D eigenvalue weighted by atomic mass is 10.00. The van der Waals surface area contributed by atoms with E-state index in [4.69, 9.17) is 5.73 Å². The van der Waals surface area contributed by atoms with Crippen molar-refractivity contribution in [3.63, 3.8) is 0 Å². The van der Waals surface area contributed by atoms with Crippen LogP contribution in [0.4, 0.5) is 4.39 Å². The fraction of sp³-hybridized carbons (Fsp3) is 0.231. The van der Waals surface area contributed by atoms with E-state index in [0.717, 1.165) is 14.7 Å². The van der Waals surface area contributed by atoms with Gasteiger partial charge in [0.1, 0.15) is 5.82 Å². The van der Waals surface area contributed by atoms with E-state index >= 15 is 0 Å². The summed E-state index contributed by atoms with van der Waals surface area (Å²) < 4.78 is 13.9. The van der Waals surface area contributed by atoms with E-state index in [1.54, 1.807) is 17.4 Å². The van der Waals surface area contributed by atoms with Crippen LogP contribution in [0.2, 0.25) is 0 Å². The summed E-state index contributed by atoms with van der Waals surface area (Å²) in [6.45, 7) is 4.15. The van der Waals surface area contributed by atoms with E-state index in [9.17, 15) is 4.39 Å². The van der Waals surface area contributed by atoms with E-state index in [0.29, 0.717) is 0 Å². The molecule has 2 N–H and O–H groups in total. The summed E-state index contributed by atoms with van der Waals surface area (Å²) in [5, 5.41) is 0. The molecule has 1 heterocycles. The number of halogens is 2. The zero-order valence-corrected chi connectivity index (χ0v) is 12.6. The number of rotatable bonds is 2. The maximum Gasteiger partial charge on any atom is 0.124 e. The van der Waals surface area contributed by atoms with Gasteiger partial charge in [-0.05, 0) is 65.8 Å². The largest absolute Gasteiger partial charge is 0.320 e. The Bertz CT molecular complexity index is 550. The molecule has 0 amide bonds. The maximum atomic E-state index is 13.1. The van der Waals surface area contributed by atoms with Gasteiger partial charge in [0.25, 0.3) is 0 Å². The third-order valence-electron chi connectivity index (χ3n) is 2.71. The van der Waals surface area contributed by atoms with Crippen LogP contribution in [0, 0.1) is 23.2 Å². The summed E-state index contributed by atoms with van der Waals surface area (Å²) in [6, 6.07) is 6.70. The number of hydrogen-bond donors (Lipinski definition) is 1. The molecule has 0 saturated heterocycles. The van der Waals surface area contributed by atoms with Crippen molar-refractivity contribution in [2.75, 3.05) is 0 Å². The lowest BCUT2D eigenvalue weighted by molar-refractivity contribution is 0.625. The van der Waals surface area contributed by atoms with Crippen molar-refractivity contribution in [3.8, 4) is 0 Å². The molecule has 0 radical (unpaired) electrons. The second kappa shape index (κ2) is 5.04. The van der Waals surface area contributed by atoms with Crippen molar-refractivity contribution in [1.82, 2.24) is 0 Å². The van der Waals surface area contributed by atoms with Crippen molar-refractivity contribution in [2.24, 2.45) is 5.73 Å². The van der Waals surface area contributed by atoms with E-state index in [-0.39, 0.29) is 11.9 Å². The predicted octanol–water partition coefficient (Wildman–Crippen LogP) is 4.16. The molecule has 1 aromatic carbocycles. The van der Waals surface area contributed by atoms with E-state index in [2.05, 4.69) is 42.5 Å². The van der Waals surface area contributed by atoms with E-state index < -0.39 is 0 Å². The maximum absolute atomic E-state index is 13.1. The molecule has 2 aromatic rings. The average molecular weight is 361 g/mol. The third-order valence-corrected chi connectivity index (χ3v) is 4.63. The fourth-order valence-electron chi connectivity index (χ4n) is 1.88. The Morgan fingerprint density at radius 1 is 1.24 bits per heavy atom. The van der Waals surface area contributed by atoms with Crippen LogP contribution >= 0.6 is 33.9 Å². The molecule has 0 spiro atoms. The Labute approximate surface area is 118 Å². The van der Waals surface area contributed by atoms with Gasteiger partial charge in [0.05, 0.1) is 6.04 Å². The van der Waals surface area contributed by atoms with Crippen molar-refractivity contribution >= 4 is 33.9 Å². The molecular weight excluding hydrogens is 348 g/mol. The summed E-state index contributed by atoms with van der Waals surface area (Å²) in [5.41, 5.74) is 8.38. The SMILES string of the molecule is Cc1cc(C(N)c2ccc(F)cc2I)c(C)s1. The number of thiophene rings is 1. The Balaban J connectivity index is 2.43. The van der Waals surface area contributed by atoms with Crippen molar-refractivity contribution in [3.05, 3.63) is 54.5 Å². The van der Waals surface area contributed by atoms with Crippen molar-refractivity contribution in [1.29, 1.82) is 0 Å². The Morgan fingerprint density at radius 2 is 1.94 bits per heavy atom. The standard InChI is InChI=1S/C13H13FINS/c1-7-5-11(8(2)17-7)13(16)10-4-3-9(14)6-12(10)15/h3-6,13H,16H2,1-2H3. The van der Waals surface area contributed by atoms with Crippen LogP contribution in [-0.2, 0) is 0 Å². The van der Waals surface area contributed by atoms with Gasteiger partial charge in [-0.1, -0.05) is 6.07 Å². The van der Waals surface area contributed by atoms with Crippen molar-refractivity contribution in [2.45, 2.75) is 19.9 Å². The third kappa shape index (κ3) is 2.69. The number of hydrogen-bond acceptors (Lipinski definition) is 2. The zero-order valence-electron chi connectivity index (χ0n) is 9.63. The van der Waals surface area contributed by atoms with Gasteiger partial charge in [0.15, 0.2) is 0 Å². The van der Waals surface area contributed by atoms with Crippen LogP contribution in [-0.4, -0.2) is 0 Å². The lowest BCUT2D eigenvalue weighted by Crippen LogP contribution is -2.13. The minimum Gasteiger partial charge on any atom is -0.320 e. The van der Waals surface area contributed by atoms with Gasteiger partial charge < -0.3 is 5.73 Å². The van der Waals surface area contributed by atoms with Gasteiger partial charge in [0, 0.05) is 13.3 Å². The molecule has 0 aliphatic rings. The molecule has 0 aliphatic carbocycles. The van der Waals surface area contributed by atoms with Gasteiger partial charge in [-0.15, -0.1) is 11.3 Å². The zero-order chi connectivity index (χ0) is 12.6. The lowest BCUT2D eigenvalue weighted by Gasteiger charge is -2.14. The first-order valence-electron chi connectivity index (χ1n) is 5.26. The van der Waals surface area contributed by atoms with E-state index in [1.165, 1.54) is 21.9 Å². The molecule has 1 nitrogen and oxygen atoms in total. The van der Waals surface area contributed by atoms with Crippen LogP contribution in [0.5, 0.6) is 0 Å². The Hall–Kier alpha value is -0.460. The topological polar surface area (TPSA) is 26.0 Å². The average Bonchev–Trinajstić information content (AvgIpc) is 2.57. The summed E-state index contributed by atoms with van der Waals surface area (Å²) >= 11 is 3.87. The number of nitrogens with two attached hydrogens (primary N) is 1. The summed E-state index contributed by atoms with van der Waals surface area (Å²) in [7, 11) is 0. The van der Waals surface area contributed by atoms with Crippen LogP contribution in [0.15, 0.2) is 24.3 Å². The normalized spacial score (nSPS) is 12.8. The number of benzene rings is 1. The molecule has 4 heteroatoms. The molecule has 0 bridgehead atoms. The summed E-state index contributed by atoms with van der Waals surface area (Å²) in [5.74, 6) is -0.219. The fourth-order valence-corrected chi connectivity index (χ4v) is 3.67. The highest BCUT2D eigenvalue weighted by Gasteiger charge is 2.16. The summed E-state index contributed by atoms with van der Waals surface area (Å²) in [4.78, 5) is 2.49. The van der Waals surface area contributed by atoms with Crippen LogP contribution in [0.1, 0.15) is 26.9 Å². The van der Waals surface area contributed by atoms with Crippen LogP contribution in [0.3, 0.4) is 0 Å². The van der Waals surface area contributed by atoms with Crippen molar-refractivity contribution < 1.29 is 4.39 Å². The van der Waals surface area contributed by atoms with Gasteiger partial charge in [0.2, 0.25) is 0 Å². The molecule has 1 atom stereocenters.